The monoisotopic (exact) mass is 364 g/mol. The lowest BCUT2D eigenvalue weighted by molar-refractivity contribution is 0.491. The third-order valence-corrected chi connectivity index (χ3v) is 3.77. The van der Waals surface area contributed by atoms with Gasteiger partial charge in [-0.05, 0) is 46.6 Å². The zero-order chi connectivity index (χ0) is 12.6. The third-order valence-electron chi connectivity index (χ3n) is 2.39. The molecule has 0 saturated carbocycles. The Morgan fingerprint density at radius 2 is 1.88 bits per heavy atom. The number of furan rings is 1. The van der Waals surface area contributed by atoms with E-state index in [4.69, 9.17) is 4.42 Å². The van der Waals surface area contributed by atoms with E-state index in [2.05, 4.69) is 31.9 Å². The van der Waals surface area contributed by atoms with Crippen molar-refractivity contribution in [3.05, 3.63) is 57.5 Å². The van der Waals surface area contributed by atoms with Crippen LogP contribution in [-0.2, 0) is 0 Å². The van der Waals surface area contributed by atoms with Crippen molar-refractivity contribution in [2.24, 2.45) is 0 Å². The summed E-state index contributed by atoms with van der Waals surface area (Å²) in [6.45, 7) is 1.59. The first kappa shape index (κ1) is 12.8. The van der Waals surface area contributed by atoms with Crippen molar-refractivity contribution in [1.29, 1.82) is 0 Å². The van der Waals surface area contributed by atoms with Crippen LogP contribution >= 0.6 is 31.9 Å². The lowest BCUT2D eigenvalue weighted by Crippen LogP contribution is -1.98. The molecule has 0 fully saturated rings. The maximum atomic E-state index is 13.6. The normalized spacial score (nSPS) is 12.8. The zero-order valence-electron chi connectivity index (χ0n) is 8.81. The second-order valence-electron chi connectivity index (χ2n) is 3.63. The fraction of sp³-hybridized carbons (Fsp3) is 0.167. The van der Waals surface area contributed by atoms with Gasteiger partial charge in [-0.25, -0.2) is 8.78 Å². The number of hydrogen-bond acceptors (Lipinski definition) is 1. The minimum absolute atomic E-state index is 0.353. The summed E-state index contributed by atoms with van der Waals surface area (Å²) < 4.78 is 32.7. The Balaban J connectivity index is 2.43. The Bertz CT molecular complexity index is 551. The van der Waals surface area contributed by atoms with Crippen molar-refractivity contribution in [3.63, 3.8) is 0 Å². The van der Waals surface area contributed by atoms with Gasteiger partial charge in [-0.3, -0.25) is 0 Å². The van der Waals surface area contributed by atoms with Gasteiger partial charge in [0.05, 0.1) is 0 Å². The van der Waals surface area contributed by atoms with Crippen LogP contribution in [0.5, 0.6) is 0 Å². The maximum Gasteiger partial charge on any atom is 0.169 e. The average molecular weight is 366 g/mol. The summed E-state index contributed by atoms with van der Waals surface area (Å²) in [6, 6.07) is 5.80. The molecule has 90 valence electrons. The molecule has 0 N–H and O–H groups in total. The topological polar surface area (TPSA) is 13.1 Å². The van der Waals surface area contributed by atoms with Crippen LogP contribution in [0.4, 0.5) is 8.78 Å². The molecular weight excluding hydrogens is 358 g/mol. The molecule has 5 heteroatoms. The quantitative estimate of drug-likeness (QED) is 0.674. The molecule has 0 saturated heterocycles. The van der Waals surface area contributed by atoms with Crippen LogP contribution in [0.2, 0.25) is 0 Å². The van der Waals surface area contributed by atoms with Gasteiger partial charge in [0.25, 0.3) is 0 Å². The number of halogens is 4. The van der Waals surface area contributed by atoms with Gasteiger partial charge in [0.1, 0.15) is 22.2 Å². The molecule has 1 aromatic carbocycles. The van der Waals surface area contributed by atoms with Crippen molar-refractivity contribution in [2.75, 3.05) is 0 Å². The van der Waals surface area contributed by atoms with Crippen LogP contribution in [0.25, 0.3) is 0 Å². The van der Waals surface area contributed by atoms with E-state index in [-0.39, 0.29) is 0 Å². The molecule has 1 unspecified atom stereocenters. The predicted molar refractivity (Wildman–Crippen MR) is 68.3 cm³/mol. The zero-order valence-corrected chi connectivity index (χ0v) is 12.0. The summed E-state index contributed by atoms with van der Waals surface area (Å²) >= 11 is 6.52. The van der Waals surface area contributed by atoms with Crippen molar-refractivity contribution >= 4 is 31.9 Å². The average Bonchev–Trinajstić information content (AvgIpc) is 2.69. The smallest absolute Gasteiger partial charge is 0.169 e. The highest BCUT2D eigenvalue weighted by molar-refractivity contribution is 9.10. The summed E-state index contributed by atoms with van der Waals surface area (Å²) in [5, 5.41) is 0. The molecule has 0 aliphatic heterocycles. The minimum atomic E-state index is -0.595. The van der Waals surface area contributed by atoms with Gasteiger partial charge in [0.15, 0.2) is 4.67 Å². The summed E-state index contributed by atoms with van der Waals surface area (Å²) in [6.07, 6.45) is 0. The van der Waals surface area contributed by atoms with E-state index in [0.29, 0.717) is 21.6 Å². The molecular formula is C12H8Br2F2O. The Labute approximate surface area is 114 Å². The fourth-order valence-electron chi connectivity index (χ4n) is 1.49. The largest absolute Gasteiger partial charge is 0.453 e. The Kier molecular flexibility index (Phi) is 3.68. The van der Waals surface area contributed by atoms with Gasteiger partial charge in [-0.2, -0.15) is 0 Å². The number of rotatable bonds is 2. The van der Waals surface area contributed by atoms with E-state index in [0.717, 1.165) is 6.07 Å². The molecule has 2 rings (SSSR count). The molecule has 0 aliphatic carbocycles. The molecule has 1 atom stereocenters. The highest BCUT2D eigenvalue weighted by Crippen LogP contribution is 2.35. The van der Waals surface area contributed by atoms with E-state index < -0.39 is 16.5 Å². The first-order chi connectivity index (χ1) is 7.99. The van der Waals surface area contributed by atoms with Crippen LogP contribution in [0.15, 0.2) is 33.4 Å². The van der Waals surface area contributed by atoms with Crippen LogP contribution in [0.1, 0.15) is 21.7 Å². The number of aryl methyl sites for hydroxylation is 1. The summed E-state index contributed by atoms with van der Waals surface area (Å²) in [4.78, 5) is -0.437. The van der Waals surface area contributed by atoms with Gasteiger partial charge in [-0.1, -0.05) is 15.9 Å². The van der Waals surface area contributed by atoms with Crippen molar-refractivity contribution in [3.8, 4) is 0 Å². The van der Waals surface area contributed by atoms with Gasteiger partial charge in [-0.15, -0.1) is 0 Å². The van der Waals surface area contributed by atoms with Crippen molar-refractivity contribution in [2.45, 2.75) is 11.8 Å². The van der Waals surface area contributed by atoms with Crippen LogP contribution < -0.4 is 0 Å². The Morgan fingerprint density at radius 1 is 1.18 bits per heavy atom. The molecule has 17 heavy (non-hydrogen) atoms. The fourth-order valence-corrected chi connectivity index (χ4v) is 2.41. The molecule has 0 aliphatic rings. The van der Waals surface area contributed by atoms with E-state index in [1.165, 1.54) is 6.07 Å². The molecule has 2 aromatic rings. The predicted octanol–water partition coefficient (Wildman–Crippen LogP) is 5.11. The van der Waals surface area contributed by atoms with E-state index in [1.54, 1.807) is 19.1 Å². The molecule has 1 nitrogen and oxygen atoms in total. The highest BCUT2D eigenvalue weighted by atomic mass is 79.9. The van der Waals surface area contributed by atoms with Crippen LogP contribution in [0, 0.1) is 18.6 Å². The van der Waals surface area contributed by atoms with Gasteiger partial charge >= 0.3 is 0 Å². The van der Waals surface area contributed by atoms with E-state index >= 15 is 0 Å². The number of hydrogen-bond donors (Lipinski definition) is 0. The molecule has 1 heterocycles. The molecule has 0 bridgehead atoms. The maximum absolute atomic E-state index is 13.6. The SMILES string of the molecule is Cc1cc(C(Br)c2ccc(Br)o2)c(F)cc1F. The Hall–Kier alpha value is -0.680. The summed E-state index contributed by atoms with van der Waals surface area (Å²) in [5.41, 5.74) is 0.752. The van der Waals surface area contributed by atoms with Crippen molar-refractivity contribution in [1.82, 2.24) is 0 Å². The summed E-state index contributed by atoms with van der Waals surface area (Å²) in [7, 11) is 0. The lowest BCUT2D eigenvalue weighted by atomic mass is 10.1. The van der Waals surface area contributed by atoms with Crippen LogP contribution in [-0.4, -0.2) is 0 Å². The number of alkyl halides is 1. The molecule has 0 spiro atoms. The van der Waals surface area contributed by atoms with E-state index in [1.807, 2.05) is 0 Å². The van der Waals surface area contributed by atoms with Crippen molar-refractivity contribution < 1.29 is 13.2 Å². The van der Waals surface area contributed by atoms with Gasteiger partial charge < -0.3 is 4.42 Å². The number of benzene rings is 1. The molecule has 0 amide bonds. The van der Waals surface area contributed by atoms with Crippen LogP contribution in [0.3, 0.4) is 0 Å². The molecule has 1 aromatic heterocycles. The van der Waals surface area contributed by atoms with Gasteiger partial charge in [0, 0.05) is 11.6 Å². The van der Waals surface area contributed by atoms with E-state index in [9.17, 15) is 8.78 Å². The lowest BCUT2D eigenvalue weighted by Gasteiger charge is -2.10. The second kappa shape index (κ2) is 4.90. The second-order valence-corrected chi connectivity index (χ2v) is 5.32. The first-order valence-corrected chi connectivity index (χ1v) is 6.54. The molecule has 0 radical (unpaired) electrons. The van der Waals surface area contributed by atoms with Gasteiger partial charge in [0.2, 0.25) is 0 Å². The standard InChI is InChI=1S/C12H8Br2F2O/c1-6-4-7(9(16)5-8(6)15)12(14)10-2-3-11(13)17-10/h2-5,12H,1H3. The first-order valence-electron chi connectivity index (χ1n) is 4.84. The summed E-state index contributed by atoms with van der Waals surface area (Å²) in [5.74, 6) is -0.587. The third kappa shape index (κ3) is 2.60. The highest BCUT2D eigenvalue weighted by Gasteiger charge is 2.19. The Morgan fingerprint density at radius 3 is 2.47 bits per heavy atom. The minimum Gasteiger partial charge on any atom is -0.453 e.